The third-order valence-electron chi connectivity index (χ3n) is 2.48. The highest BCUT2D eigenvalue weighted by Gasteiger charge is 2.07. The van der Waals surface area contributed by atoms with Crippen molar-refractivity contribution in [3.8, 4) is 0 Å². The van der Waals surface area contributed by atoms with Gasteiger partial charge in [0.2, 0.25) is 0 Å². The molecule has 2 nitrogen and oxygen atoms in total. The normalized spacial score (nSPS) is 10.4. The first-order chi connectivity index (χ1) is 5.57. The lowest BCUT2D eigenvalue weighted by molar-refractivity contribution is 0.280. The zero-order chi connectivity index (χ0) is 9.30. The summed E-state index contributed by atoms with van der Waals surface area (Å²) in [6.07, 6.45) is 0. The maximum Gasteiger partial charge on any atom is 0.0688 e. The van der Waals surface area contributed by atoms with Gasteiger partial charge in [-0.15, -0.1) is 0 Å². The molecule has 0 radical (unpaired) electrons. The Labute approximate surface area is 73.3 Å². The molecule has 1 aromatic rings. The van der Waals surface area contributed by atoms with E-state index in [-0.39, 0.29) is 6.61 Å². The van der Waals surface area contributed by atoms with Crippen LogP contribution in [0.1, 0.15) is 28.1 Å². The first kappa shape index (κ1) is 9.20. The Balaban J connectivity index is 3.42. The summed E-state index contributed by atoms with van der Waals surface area (Å²) >= 11 is 0. The highest BCUT2D eigenvalue weighted by atomic mass is 16.3. The van der Waals surface area contributed by atoms with Gasteiger partial charge in [-0.1, -0.05) is 0 Å². The lowest BCUT2D eigenvalue weighted by atomic mass is 10.0. The van der Waals surface area contributed by atoms with Gasteiger partial charge < -0.3 is 5.11 Å². The summed E-state index contributed by atoms with van der Waals surface area (Å²) < 4.78 is 0. The van der Waals surface area contributed by atoms with Crippen LogP contribution >= 0.6 is 0 Å². The van der Waals surface area contributed by atoms with E-state index in [9.17, 15) is 0 Å². The van der Waals surface area contributed by atoms with E-state index in [1.165, 1.54) is 0 Å². The minimum absolute atomic E-state index is 0.113. The van der Waals surface area contributed by atoms with Gasteiger partial charge in [-0.3, -0.25) is 4.98 Å². The Kier molecular flexibility index (Phi) is 2.48. The van der Waals surface area contributed by atoms with Crippen molar-refractivity contribution in [1.29, 1.82) is 0 Å². The molecule has 66 valence electrons. The van der Waals surface area contributed by atoms with E-state index in [0.717, 1.165) is 28.1 Å². The Morgan fingerprint density at radius 1 is 1.00 bits per heavy atom. The maximum atomic E-state index is 9.12. The monoisotopic (exact) mass is 165 g/mol. The smallest absolute Gasteiger partial charge is 0.0688 e. The van der Waals surface area contributed by atoms with Crippen LogP contribution in [-0.2, 0) is 6.61 Å². The second-order valence-corrected chi connectivity index (χ2v) is 3.17. The molecule has 0 aliphatic carbocycles. The largest absolute Gasteiger partial charge is 0.392 e. The number of hydrogen-bond donors (Lipinski definition) is 1. The number of hydrogen-bond acceptors (Lipinski definition) is 2. The highest BCUT2D eigenvalue weighted by Crippen LogP contribution is 2.18. The first-order valence-corrected chi connectivity index (χ1v) is 4.12. The average molecular weight is 165 g/mol. The molecule has 0 unspecified atom stereocenters. The third kappa shape index (κ3) is 1.34. The maximum absolute atomic E-state index is 9.12. The third-order valence-corrected chi connectivity index (χ3v) is 2.48. The van der Waals surface area contributed by atoms with Crippen LogP contribution in [0.5, 0.6) is 0 Å². The van der Waals surface area contributed by atoms with E-state index in [1.807, 2.05) is 27.7 Å². The Bertz CT molecular complexity index is 279. The molecule has 0 saturated heterocycles. The van der Waals surface area contributed by atoms with E-state index in [0.29, 0.717) is 0 Å². The van der Waals surface area contributed by atoms with E-state index in [4.69, 9.17) is 5.11 Å². The van der Waals surface area contributed by atoms with Gasteiger partial charge in [-0.25, -0.2) is 0 Å². The molecule has 1 N–H and O–H groups in total. The Morgan fingerprint density at radius 2 is 1.42 bits per heavy atom. The van der Waals surface area contributed by atoms with Crippen LogP contribution in [0.25, 0.3) is 0 Å². The highest BCUT2D eigenvalue weighted by molar-refractivity contribution is 5.37. The summed E-state index contributed by atoms with van der Waals surface area (Å²) in [5, 5.41) is 9.12. The first-order valence-electron chi connectivity index (χ1n) is 4.12. The summed E-state index contributed by atoms with van der Waals surface area (Å²) in [7, 11) is 0. The molecular formula is C10H15NO. The van der Waals surface area contributed by atoms with Crippen molar-refractivity contribution in [2.24, 2.45) is 0 Å². The van der Waals surface area contributed by atoms with Gasteiger partial charge in [0.05, 0.1) is 6.61 Å². The molecule has 0 aliphatic rings. The van der Waals surface area contributed by atoms with Gasteiger partial charge in [-0.05, 0) is 44.4 Å². The predicted molar refractivity (Wildman–Crippen MR) is 49.1 cm³/mol. The number of aryl methyl sites for hydroxylation is 2. The molecule has 1 heterocycles. The van der Waals surface area contributed by atoms with Crippen LogP contribution in [0.2, 0.25) is 0 Å². The van der Waals surface area contributed by atoms with Crippen LogP contribution < -0.4 is 0 Å². The van der Waals surface area contributed by atoms with E-state index >= 15 is 0 Å². The number of aromatic nitrogens is 1. The number of rotatable bonds is 1. The molecule has 0 aromatic carbocycles. The predicted octanol–water partition coefficient (Wildman–Crippen LogP) is 1.81. The second kappa shape index (κ2) is 3.23. The van der Waals surface area contributed by atoms with Crippen molar-refractivity contribution < 1.29 is 5.11 Å². The van der Waals surface area contributed by atoms with Crippen molar-refractivity contribution in [3.05, 3.63) is 28.1 Å². The Hall–Kier alpha value is -0.890. The number of nitrogens with zero attached hydrogens (tertiary/aromatic N) is 1. The van der Waals surface area contributed by atoms with Crippen molar-refractivity contribution in [1.82, 2.24) is 4.98 Å². The number of aliphatic hydroxyl groups is 1. The van der Waals surface area contributed by atoms with Crippen molar-refractivity contribution in [2.45, 2.75) is 34.3 Å². The zero-order valence-electron chi connectivity index (χ0n) is 8.10. The number of aliphatic hydroxyl groups excluding tert-OH is 1. The van der Waals surface area contributed by atoms with Crippen LogP contribution in [0.15, 0.2) is 0 Å². The van der Waals surface area contributed by atoms with E-state index < -0.39 is 0 Å². The molecule has 0 atom stereocenters. The summed E-state index contributed by atoms with van der Waals surface area (Å²) in [6.45, 7) is 8.06. The zero-order valence-corrected chi connectivity index (χ0v) is 8.10. The molecule has 1 aromatic heterocycles. The standard InChI is InChI=1S/C10H15NO/c1-6-8(3)11-9(4)7(2)10(6)5-12/h12H,5H2,1-4H3. The Morgan fingerprint density at radius 3 is 1.75 bits per heavy atom. The van der Waals surface area contributed by atoms with Crippen LogP contribution in [-0.4, -0.2) is 10.1 Å². The van der Waals surface area contributed by atoms with Crippen LogP contribution in [0, 0.1) is 27.7 Å². The topological polar surface area (TPSA) is 33.1 Å². The molecule has 0 saturated carbocycles. The van der Waals surface area contributed by atoms with Crippen molar-refractivity contribution in [3.63, 3.8) is 0 Å². The quantitative estimate of drug-likeness (QED) is 0.688. The van der Waals surface area contributed by atoms with Crippen molar-refractivity contribution >= 4 is 0 Å². The molecule has 12 heavy (non-hydrogen) atoms. The van der Waals surface area contributed by atoms with Gasteiger partial charge in [0.1, 0.15) is 0 Å². The average Bonchev–Trinajstić information content (AvgIpc) is 2.02. The van der Waals surface area contributed by atoms with E-state index in [2.05, 4.69) is 4.98 Å². The van der Waals surface area contributed by atoms with Crippen LogP contribution in [0.3, 0.4) is 0 Å². The minimum Gasteiger partial charge on any atom is -0.392 e. The molecule has 0 fully saturated rings. The summed E-state index contributed by atoms with van der Waals surface area (Å²) in [5.41, 5.74) is 5.28. The van der Waals surface area contributed by atoms with Gasteiger partial charge in [0.15, 0.2) is 0 Å². The fourth-order valence-electron chi connectivity index (χ4n) is 1.37. The molecule has 0 aliphatic heterocycles. The molecule has 2 heteroatoms. The second-order valence-electron chi connectivity index (χ2n) is 3.17. The lowest BCUT2D eigenvalue weighted by Gasteiger charge is -2.11. The fourth-order valence-corrected chi connectivity index (χ4v) is 1.37. The molecule has 1 rings (SSSR count). The number of pyridine rings is 1. The molecule has 0 bridgehead atoms. The molecule has 0 spiro atoms. The summed E-state index contributed by atoms with van der Waals surface area (Å²) in [6, 6.07) is 0. The SMILES string of the molecule is Cc1nc(C)c(C)c(CO)c1C. The lowest BCUT2D eigenvalue weighted by Crippen LogP contribution is -2.02. The fraction of sp³-hybridized carbons (Fsp3) is 0.500. The van der Waals surface area contributed by atoms with Gasteiger partial charge in [0, 0.05) is 11.4 Å². The van der Waals surface area contributed by atoms with Gasteiger partial charge >= 0.3 is 0 Å². The molecular weight excluding hydrogens is 150 g/mol. The van der Waals surface area contributed by atoms with Gasteiger partial charge in [0.25, 0.3) is 0 Å². The van der Waals surface area contributed by atoms with E-state index in [1.54, 1.807) is 0 Å². The van der Waals surface area contributed by atoms with Crippen LogP contribution in [0.4, 0.5) is 0 Å². The minimum atomic E-state index is 0.113. The summed E-state index contributed by atoms with van der Waals surface area (Å²) in [5.74, 6) is 0. The molecule has 0 amide bonds. The van der Waals surface area contributed by atoms with Gasteiger partial charge in [-0.2, -0.15) is 0 Å². The van der Waals surface area contributed by atoms with Crippen molar-refractivity contribution in [2.75, 3.05) is 0 Å². The summed E-state index contributed by atoms with van der Waals surface area (Å²) in [4.78, 5) is 4.37.